The van der Waals surface area contributed by atoms with Crippen LogP contribution in [0, 0.1) is 0 Å². The van der Waals surface area contributed by atoms with Crippen molar-refractivity contribution in [2.24, 2.45) is 0 Å². The molecule has 0 saturated carbocycles. The number of halogens is 1. The standard InChI is InChI=1S/C8H6BrNO3/c9-6-1-5(3-10-4-6)2-7(11)8(12)13/h1,3-4H,2H2,(H,12,13). The molecule has 1 aromatic heterocycles. The number of aliphatic carboxylic acids is 1. The van der Waals surface area contributed by atoms with Crippen LogP contribution in [0.1, 0.15) is 5.56 Å². The van der Waals surface area contributed by atoms with Crippen molar-refractivity contribution in [2.75, 3.05) is 0 Å². The van der Waals surface area contributed by atoms with Gasteiger partial charge in [-0.1, -0.05) is 0 Å². The number of carboxylic acids is 1. The van der Waals surface area contributed by atoms with Crippen molar-refractivity contribution in [3.8, 4) is 0 Å². The van der Waals surface area contributed by atoms with E-state index in [1.165, 1.54) is 6.20 Å². The highest BCUT2D eigenvalue weighted by molar-refractivity contribution is 9.10. The third-order valence-corrected chi connectivity index (χ3v) is 1.80. The second-order valence-corrected chi connectivity index (χ2v) is 3.33. The number of hydrogen-bond donors (Lipinski definition) is 1. The van der Waals surface area contributed by atoms with Gasteiger partial charge in [-0.2, -0.15) is 0 Å². The summed E-state index contributed by atoms with van der Waals surface area (Å²) in [7, 11) is 0. The van der Waals surface area contributed by atoms with E-state index in [9.17, 15) is 9.59 Å². The summed E-state index contributed by atoms with van der Waals surface area (Å²) in [4.78, 5) is 24.8. The van der Waals surface area contributed by atoms with Crippen molar-refractivity contribution in [3.63, 3.8) is 0 Å². The Morgan fingerprint density at radius 3 is 2.69 bits per heavy atom. The second-order valence-electron chi connectivity index (χ2n) is 2.42. The summed E-state index contributed by atoms with van der Waals surface area (Å²) in [5.74, 6) is -2.25. The van der Waals surface area contributed by atoms with E-state index in [4.69, 9.17) is 5.11 Å². The molecule has 0 aliphatic heterocycles. The number of ketones is 1. The quantitative estimate of drug-likeness (QED) is 0.806. The highest BCUT2D eigenvalue weighted by Crippen LogP contribution is 2.09. The zero-order valence-electron chi connectivity index (χ0n) is 6.53. The Morgan fingerprint density at radius 1 is 1.46 bits per heavy atom. The van der Waals surface area contributed by atoms with Crippen LogP contribution in [0.2, 0.25) is 0 Å². The average molecular weight is 244 g/mol. The molecule has 4 nitrogen and oxygen atoms in total. The van der Waals surface area contributed by atoms with Crippen LogP contribution in [0.25, 0.3) is 0 Å². The number of nitrogens with zero attached hydrogens (tertiary/aromatic N) is 1. The molecule has 1 rings (SSSR count). The predicted molar refractivity (Wildman–Crippen MR) is 48.3 cm³/mol. The van der Waals surface area contributed by atoms with Crippen LogP contribution in [-0.4, -0.2) is 21.8 Å². The molecule has 1 N–H and O–H groups in total. The molecule has 68 valence electrons. The predicted octanol–water partition coefficient (Wildman–Crippen LogP) is 1.04. The van der Waals surface area contributed by atoms with E-state index >= 15 is 0 Å². The van der Waals surface area contributed by atoms with Gasteiger partial charge in [0.15, 0.2) is 0 Å². The van der Waals surface area contributed by atoms with Crippen molar-refractivity contribution < 1.29 is 14.7 Å². The summed E-state index contributed by atoms with van der Waals surface area (Å²) in [6, 6.07) is 1.66. The molecule has 0 aliphatic rings. The Balaban J connectivity index is 2.75. The van der Waals surface area contributed by atoms with Crippen LogP contribution in [-0.2, 0) is 16.0 Å². The molecule has 5 heteroatoms. The monoisotopic (exact) mass is 243 g/mol. The Hall–Kier alpha value is -1.23. The molecule has 0 amide bonds. The summed E-state index contributed by atoms with van der Waals surface area (Å²) in [6.45, 7) is 0. The maximum Gasteiger partial charge on any atom is 0.372 e. The van der Waals surface area contributed by atoms with E-state index in [1.54, 1.807) is 12.3 Å². The molecule has 13 heavy (non-hydrogen) atoms. The minimum absolute atomic E-state index is 0.123. The summed E-state index contributed by atoms with van der Waals surface area (Å²) in [5.41, 5.74) is 0.585. The van der Waals surface area contributed by atoms with E-state index in [2.05, 4.69) is 20.9 Å². The molecule has 1 aromatic rings. The fourth-order valence-corrected chi connectivity index (χ4v) is 1.23. The smallest absolute Gasteiger partial charge is 0.372 e. The topological polar surface area (TPSA) is 67.3 Å². The normalized spacial score (nSPS) is 9.62. The molecular formula is C8H6BrNO3. The van der Waals surface area contributed by atoms with Crippen LogP contribution < -0.4 is 0 Å². The van der Waals surface area contributed by atoms with Gasteiger partial charge in [-0.3, -0.25) is 9.78 Å². The summed E-state index contributed by atoms with van der Waals surface area (Å²) in [6.07, 6.45) is 2.90. The number of carbonyl (C=O) groups is 2. The number of pyridine rings is 1. The molecular weight excluding hydrogens is 238 g/mol. The van der Waals surface area contributed by atoms with E-state index < -0.39 is 11.8 Å². The van der Waals surface area contributed by atoms with Crippen LogP contribution in [0.3, 0.4) is 0 Å². The van der Waals surface area contributed by atoms with Crippen LogP contribution in [0.4, 0.5) is 0 Å². The molecule has 0 aromatic carbocycles. The molecule has 0 unspecified atom stereocenters. The first-order valence-corrected chi connectivity index (χ1v) is 4.24. The first-order chi connectivity index (χ1) is 6.09. The number of Topliss-reactive ketones (excluding diaryl/α,β-unsaturated/α-hetero) is 1. The van der Waals surface area contributed by atoms with Crippen molar-refractivity contribution >= 4 is 27.7 Å². The van der Waals surface area contributed by atoms with Gasteiger partial charge in [0, 0.05) is 23.3 Å². The van der Waals surface area contributed by atoms with Gasteiger partial charge in [-0.05, 0) is 27.6 Å². The van der Waals surface area contributed by atoms with Crippen molar-refractivity contribution in [3.05, 3.63) is 28.5 Å². The fraction of sp³-hybridized carbons (Fsp3) is 0.125. The first-order valence-electron chi connectivity index (χ1n) is 3.45. The van der Waals surface area contributed by atoms with Gasteiger partial charge in [0.25, 0.3) is 0 Å². The van der Waals surface area contributed by atoms with Crippen molar-refractivity contribution in [1.82, 2.24) is 4.98 Å². The largest absolute Gasteiger partial charge is 0.475 e. The van der Waals surface area contributed by atoms with Gasteiger partial charge in [-0.15, -0.1) is 0 Å². The third kappa shape index (κ3) is 2.95. The molecule has 1 heterocycles. The Labute approximate surface area is 82.7 Å². The number of aromatic nitrogens is 1. The number of rotatable bonds is 3. The van der Waals surface area contributed by atoms with E-state index in [0.29, 0.717) is 5.56 Å². The lowest BCUT2D eigenvalue weighted by molar-refractivity contribution is -0.148. The van der Waals surface area contributed by atoms with Gasteiger partial charge in [0.2, 0.25) is 5.78 Å². The molecule has 0 bridgehead atoms. The molecule has 0 radical (unpaired) electrons. The van der Waals surface area contributed by atoms with Crippen molar-refractivity contribution in [2.45, 2.75) is 6.42 Å². The number of carbonyl (C=O) groups excluding carboxylic acids is 1. The van der Waals surface area contributed by atoms with Gasteiger partial charge < -0.3 is 5.11 Å². The summed E-state index contributed by atoms with van der Waals surface area (Å²) >= 11 is 3.17. The fourth-order valence-electron chi connectivity index (χ4n) is 0.814. The van der Waals surface area contributed by atoms with Gasteiger partial charge in [0.1, 0.15) is 0 Å². The SMILES string of the molecule is O=C(O)C(=O)Cc1cncc(Br)c1. The van der Waals surface area contributed by atoms with Crippen LogP contribution in [0.15, 0.2) is 22.9 Å². The van der Waals surface area contributed by atoms with Crippen LogP contribution >= 0.6 is 15.9 Å². The molecule has 0 saturated heterocycles. The summed E-state index contributed by atoms with van der Waals surface area (Å²) < 4.78 is 0.725. The number of hydrogen-bond acceptors (Lipinski definition) is 3. The van der Waals surface area contributed by atoms with E-state index in [1.807, 2.05) is 0 Å². The van der Waals surface area contributed by atoms with Gasteiger partial charge in [-0.25, -0.2) is 4.79 Å². The minimum atomic E-state index is -1.42. The maximum atomic E-state index is 10.8. The van der Waals surface area contributed by atoms with Gasteiger partial charge >= 0.3 is 5.97 Å². The Bertz CT molecular complexity index is 351. The zero-order chi connectivity index (χ0) is 9.84. The molecule has 0 aliphatic carbocycles. The second kappa shape index (κ2) is 4.13. The average Bonchev–Trinajstić information content (AvgIpc) is 2.04. The third-order valence-electron chi connectivity index (χ3n) is 1.36. The Kier molecular flexibility index (Phi) is 3.13. The molecule has 0 spiro atoms. The van der Waals surface area contributed by atoms with Crippen molar-refractivity contribution in [1.29, 1.82) is 0 Å². The van der Waals surface area contributed by atoms with Crippen LogP contribution in [0.5, 0.6) is 0 Å². The number of carboxylic acid groups (broad SMARTS) is 1. The highest BCUT2D eigenvalue weighted by atomic mass is 79.9. The first kappa shape index (κ1) is 9.85. The van der Waals surface area contributed by atoms with Gasteiger partial charge in [0.05, 0.1) is 0 Å². The lowest BCUT2D eigenvalue weighted by Crippen LogP contribution is -2.15. The zero-order valence-corrected chi connectivity index (χ0v) is 8.11. The molecule has 0 atom stereocenters. The van der Waals surface area contributed by atoms with E-state index in [0.717, 1.165) is 4.47 Å². The van der Waals surface area contributed by atoms with E-state index in [-0.39, 0.29) is 6.42 Å². The highest BCUT2D eigenvalue weighted by Gasteiger charge is 2.11. The maximum absolute atomic E-state index is 10.8. The summed E-state index contributed by atoms with van der Waals surface area (Å²) in [5, 5.41) is 8.33. The lowest BCUT2D eigenvalue weighted by Gasteiger charge is -1.96. The lowest BCUT2D eigenvalue weighted by atomic mass is 10.1. The Morgan fingerprint density at radius 2 is 2.15 bits per heavy atom. The minimum Gasteiger partial charge on any atom is -0.475 e. The molecule has 0 fully saturated rings.